The molecule has 1 heterocycles. The Morgan fingerprint density at radius 2 is 2.22 bits per heavy atom. The number of nitrogens with two attached hydrogens (primary N) is 1. The van der Waals surface area contributed by atoms with E-state index in [1.807, 2.05) is 20.8 Å². The number of thiophene rings is 1. The van der Waals surface area contributed by atoms with Crippen molar-refractivity contribution in [3.05, 3.63) is 16.0 Å². The van der Waals surface area contributed by atoms with E-state index in [0.717, 1.165) is 16.9 Å². The topological polar surface area (TPSA) is 78.9 Å². The molecule has 1 aromatic rings. The van der Waals surface area contributed by atoms with Gasteiger partial charge in [-0.3, -0.25) is 4.79 Å². The first-order valence-electron chi connectivity index (χ1n) is 6.03. The Kier molecular flexibility index (Phi) is 5.32. The van der Waals surface area contributed by atoms with Gasteiger partial charge in [0.15, 0.2) is 0 Å². The Morgan fingerprint density at radius 3 is 2.72 bits per heavy atom. The van der Waals surface area contributed by atoms with Gasteiger partial charge in [-0.15, -0.1) is 11.3 Å². The summed E-state index contributed by atoms with van der Waals surface area (Å²) < 4.78 is 0. The first kappa shape index (κ1) is 14.7. The minimum absolute atomic E-state index is 0.0648. The lowest BCUT2D eigenvalue weighted by atomic mass is 10.0. The maximum absolute atomic E-state index is 11.9. The standard InChI is InChI=1S/C13H19N3OS/c1-4-10(6-14)5-12(17)16-13-11(7-15)8(2)9(3)18-13/h10H,4-6,14H2,1-3H3,(H,16,17). The number of nitrogens with zero attached hydrogens (tertiary/aromatic N) is 1. The van der Waals surface area contributed by atoms with Gasteiger partial charge < -0.3 is 11.1 Å². The van der Waals surface area contributed by atoms with Gasteiger partial charge in [-0.1, -0.05) is 13.3 Å². The molecule has 0 bridgehead atoms. The van der Waals surface area contributed by atoms with Crippen molar-refractivity contribution in [3.8, 4) is 6.07 Å². The minimum atomic E-state index is -0.0648. The van der Waals surface area contributed by atoms with Gasteiger partial charge in [-0.05, 0) is 31.9 Å². The fraction of sp³-hybridized carbons (Fsp3) is 0.538. The van der Waals surface area contributed by atoms with Gasteiger partial charge in [0.1, 0.15) is 11.1 Å². The van der Waals surface area contributed by atoms with Crippen LogP contribution in [0, 0.1) is 31.1 Å². The molecule has 0 aliphatic heterocycles. The Hall–Kier alpha value is -1.38. The third kappa shape index (κ3) is 3.31. The van der Waals surface area contributed by atoms with Crippen LogP contribution in [0.1, 0.15) is 35.8 Å². The lowest BCUT2D eigenvalue weighted by molar-refractivity contribution is -0.117. The molecule has 1 rings (SSSR count). The SMILES string of the molecule is CCC(CN)CC(=O)Nc1sc(C)c(C)c1C#N. The largest absolute Gasteiger partial charge is 0.330 e. The van der Waals surface area contributed by atoms with Crippen LogP contribution in [-0.4, -0.2) is 12.5 Å². The highest BCUT2D eigenvalue weighted by Gasteiger charge is 2.16. The molecule has 0 fully saturated rings. The number of hydrogen-bond acceptors (Lipinski definition) is 4. The van der Waals surface area contributed by atoms with Crippen LogP contribution in [0.25, 0.3) is 0 Å². The molecular formula is C13H19N3OS. The summed E-state index contributed by atoms with van der Waals surface area (Å²) in [5, 5.41) is 12.6. The van der Waals surface area contributed by atoms with Gasteiger partial charge in [0.2, 0.25) is 5.91 Å². The number of amides is 1. The van der Waals surface area contributed by atoms with Crippen LogP contribution in [-0.2, 0) is 4.79 Å². The second-order valence-corrected chi connectivity index (χ2v) is 5.59. The fourth-order valence-electron chi connectivity index (χ4n) is 1.68. The number of rotatable bonds is 5. The van der Waals surface area contributed by atoms with Crippen LogP contribution in [0.15, 0.2) is 0 Å². The second-order valence-electron chi connectivity index (χ2n) is 4.36. The summed E-state index contributed by atoms with van der Waals surface area (Å²) in [6.45, 7) is 6.38. The summed E-state index contributed by atoms with van der Waals surface area (Å²) in [6.07, 6.45) is 1.30. The predicted octanol–water partition coefficient (Wildman–Crippen LogP) is 2.55. The number of nitrogens with one attached hydrogen (secondary N) is 1. The first-order valence-corrected chi connectivity index (χ1v) is 6.85. The Morgan fingerprint density at radius 1 is 1.56 bits per heavy atom. The molecule has 0 aromatic carbocycles. The van der Waals surface area contributed by atoms with Crippen LogP contribution < -0.4 is 11.1 Å². The molecule has 1 atom stereocenters. The van der Waals surface area contributed by atoms with Crippen molar-refractivity contribution >= 4 is 22.2 Å². The quantitative estimate of drug-likeness (QED) is 0.858. The van der Waals surface area contributed by atoms with E-state index in [0.29, 0.717) is 23.5 Å². The van der Waals surface area contributed by atoms with Crippen LogP contribution >= 0.6 is 11.3 Å². The van der Waals surface area contributed by atoms with Crippen LogP contribution in [0.3, 0.4) is 0 Å². The van der Waals surface area contributed by atoms with Crippen molar-refractivity contribution in [2.24, 2.45) is 11.7 Å². The highest BCUT2D eigenvalue weighted by Crippen LogP contribution is 2.31. The summed E-state index contributed by atoms with van der Waals surface area (Å²) in [5.74, 6) is 0.141. The summed E-state index contributed by atoms with van der Waals surface area (Å²) in [6, 6.07) is 2.14. The molecule has 0 aliphatic rings. The average Bonchev–Trinajstić information content (AvgIpc) is 2.61. The van der Waals surface area contributed by atoms with E-state index in [4.69, 9.17) is 11.0 Å². The van der Waals surface area contributed by atoms with Crippen molar-refractivity contribution in [2.75, 3.05) is 11.9 Å². The Bertz CT molecular complexity index is 469. The maximum atomic E-state index is 11.9. The summed E-state index contributed by atoms with van der Waals surface area (Å²) in [7, 11) is 0. The van der Waals surface area contributed by atoms with Crippen molar-refractivity contribution < 1.29 is 4.79 Å². The third-order valence-electron chi connectivity index (χ3n) is 3.13. The number of carbonyl (C=O) groups is 1. The Labute approximate surface area is 112 Å². The number of nitriles is 1. The van der Waals surface area contributed by atoms with Crippen LogP contribution in [0.2, 0.25) is 0 Å². The molecule has 0 saturated carbocycles. The van der Waals surface area contributed by atoms with Gasteiger partial charge in [0.25, 0.3) is 0 Å². The van der Waals surface area contributed by atoms with Crippen LogP contribution in [0.4, 0.5) is 5.00 Å². The van der Waals surface area contributed by atoms with Gasteiger partial charge in [-0.25, -0.2) is 0 Å². The van der Waals surface area contributed by atoms with Gasteiger partial charge in [-0.2, -0.15) is 5.26 Å². The minimum Gasteiger partial charge on any atom is -0.330 e. The second kappa shape index (κ2) is 6.53. The fourth-order valence-corrected chi connectivity index (χ4v) is 2.71. The molecule has 98 valence electrons. The van der Waals surface area contributed by atoms with Crippen molar-refractivity contribution in [1.29, 1.82) is 5.26 Å². The molecule has 0 saturated heterocycles. The molecule has 5 heteroatoms. The molecule has 0 aliphatic carbocycles. The van der Waals surface area contributed by atoms with E-state index < -0.39 is 0 Å². The lowest BCUT2D eigenvalue weighted by Crippen LogP contribution is -2.21. The highest BCUT2D eigenvalue weighted by atomic mass is 32.1. The molecule has 1 unspecified atom stereocenters. The van der Waals surface area contributed by atoms with E-state index >= 15 is 0 Å². The van der Waals surface area contributed by atoms with E-state index in [-0.39, 0.29) is 11.8 Å². The molecule has 4 nitrogen and oxygen atoms in total. The zero-order valence-electron chi connectivity index (χ0n) is 11.0. The van der Waals surface area contributed by atoms with Crippen LogP contribution in [0.5, 0.6) is 0 Å². The number of aryl methyl sites for hydroxylation is 1. The lowest BCUT2D eigenvalue weighted by Gasteiger charge is -2.11. The smallest absolute Gasteiger partial charge is 0.225 e. The molecule has 3 N–H and O–H groups in total. The van der Waals surface area contributed by atoms with Crippen molar-refractivity contribution in [1.82, 2.24) is 0 Å². The third-order valence-corrected chi connectivity index (χ3v) is 4.26. The van der Waals surface area contributed by atoms with Gasteiger partial charge in [0.05, 0.1) is 5.56 Å². The number of anilines is 1. The van der Waals surface area contributed by atoms with E-state index in [9.17, 15) is 4.79 Å². The normalized spacial score (nSPS) is 11.9. The van der Waals surface area contributed by atoms with Gasteiger partial charge >= 0.3 is 0 Å². The highest BCUT2D eigenvalue weighted by molar-refractivity contribution is 7.16. The molecule has 1 amide bonds. The molecular weight excluding hydrogens is 246 g/mol. The first-order chi connectivity index (χ1) is 8.53. The summed E-state index contributed by atoms with van der Waals surface area (Å²) in [5.41, 5.74) is 7.10. The number of hydrogen-bond donors (Lipinski definition) is 2. The van der Waals surface area contributed by atoms with Crippen molar-refractivity contribution in [3.63, 3.8) is 0 Å². The summed E-state index contributed by atoms with van der Waals surface area (Å²) in [4.78, 5) is 12.9. The number of carbonyl (C=O) groups excluding carboxylic acids is 1. The monoisotopic (exact) mass is 265 g/mol. The Balaban J connectivity index is 2.77. The van der Waals surface area contributed by atoms with E-state index in [2.05, 4.69) is 11.4 Å². The molecule has 18 heavy (non-hydrogen) atoms. The van der Waals surface area contributed by atoms with E-state index in [1.165, 1.54) is 11.3 Å². The molecule has 1 aromatic heterocycles. The average molecular weight is 265 g/mol. The molecule has 0 spiro atoms. The van der Waals surface area contributed by atoms with Crippen molar-refractivity contribution in [2.45, 2.75) is 33.6 Å². The zero-order chi connectivity index (χ0) is 13.7. The summed E-state index contributed by atoms with van der Waals surface area (Å²) >= 11 is 1.45. The molecule has 0 radical (unpaired) electrons. The maximum Gasteiger partial charge on any atom is 0.225 e. The zero-order valence-corrected chi connectivity index (χ0v) is 11.9. The predicted molar refractivity (Wildman–Crippen MR) is 74.6 cm³/mol. The van der Waals surface area contributed by atoms with E-state index in [1.54, 1.807) is 0 Å². The van der Waals surface area contributed by atoms with Gasteiger partial charge in [0, 0.05) is 11.3 Å².